The summed E-state index contributed by atoms with van der Waals surface area (Å²) in [5.41, 5.74) is 0. The van der Waals surface area contributed by atoms with Crippen LogP contribution in [0.5, 0.6) is 0 Å². The molecule has 1 aromatic heterocycles. The molecule has 2 unspecified atom stereocenters. The Hall–Kier alpha value is -0.230. The van der Waals surface area contributed by atoms with Crippen LogP contribution >= 0.6 is 35.5 Å². The predicted molar refractivity (Wildman–Crippen MR) is 83.8 cm³/mol. The van der Waals surface area contributed by atoms with E-state index in [2.05, 4.69) is 5.32 Å². The third-order valence-electron chi connectivity index (χ3n) is 3.85. The van der Waals surface area contributed by atoms with Crippen molar-refractivity contribution in [2.45, 2.75) is 36.2 Å². The molecule has 3 heterocycles. The minimum Gasteiger partial charge on any atom is -0.336 e. The molecule has 2 bridgehead atoms. The zero-order valence-electron chi connectivity index (χ0n) is 10.9. The molecule has 1 aromatic rings. The first-order valence-electron chi connectivity index (χ1n) is 6.44. The molecule has 0 radical (unpaired) electrons. The number of hydrogen-bond acceptors (Lipinski definition) is 4. The molecule has 1 amide bonds. The first-order valence-corrected chi connectivity index (χ1v) is 8.55. The lowest BCUT2D eigenvalue weighted by atomic mass is 10.1. The van der Waals surface area contributed by atoms with Crippen molar-refractivity contribution in [3.8, 4) is 0 Å². The predicted octanol–water partition coefficient (Wildman–Crippen LogP) is 2.86. The summed E-state index contributed by atoms with van der Waals surface area (Å²) in [7, 11) is 0. The quantitative estimate of drug-likeness (QED) is 0.851. The molecule has 19 heavy (non-hydrogen) atoms. The minimum atomic E-state index is 0. The van der Waals surface area contributed by atoms with Crippen LogP contribution in [0.2, 0.25) is 0 Å². The van der Waals surface area contributed by atoms with Gasteiger partial charge in [0.15, 0.2) is 0 Å². The van der Waals surface area contributed by atoms with Gasteiger partial charge in [-0.15, -0.1) is 35.5 Å². The van der Waals surface area contributed by atoms with Crippen LogP contribution < -0.4 is 5.32 Å². The number of thiophene rings is 1. The SMILES string of the molecule is CSc1ccsc1C(=O)N1CCC2CCC(C1)N2.Cl. The second-order valence-electron chi connectivity index (χ2n) is 5.00. The van der Waals surface area contributed by atoms with E-state index in [1.54, 1.807) is 23.1 Å². The molecular formula is C13H19ClN2OS2. The first-order chi connectivity index (χ1) is 8.78. The van der Waals surface area contributed by atoms with E-state index >= 15 is 0 Å². The highest BCUT2D eigenvalue weighted by Gasteiger charge is 2.32. The average molecular weight is 319 g/mol. The number of nitrogens with one attached hydrogen (secondary N) is 1. The summed E-state index contributed by atoms with van der Waals surface area (Å²) in [6.07, 6.45) is 5.63. The Morgan fingerprint density at radius 1 is 1.42 bits per heavy atom. The van der Waals surface area contributed by atoms with Crippen molar-refractivity contribution >= 4 is 41.4 Å². The van der Waals surface area contributed by atoms with Crippen molar-refractivity contribution < 1.29 is 4.79 Å². The van der Waals surface area contributed by atoms with E-state index in [-0.39, 0.29) is 18.3 Å². The molecule has 106 valence electrons. The Kier molecular flexibility index (Phi) is 5.17. The third kappa shape index (κ3) is 3.10. The van der Waals surface area contributed by atoms with E-state index in [0.29, 0.717) is 12.1 Å². The zero-order chi connectivity index (χ0) is 12.5. The monoisotopic (exact) mass is 318 g/mol. The third-order valence-corrected chi connectivity index (χ3v) is 5.67. The minimum absolute atomic E-state index is 0. The molecule has 3 rings (SSSR count). The van der Waals surface area contributed by atoms with Crippen molar-refractivity contribution in [1.29, 1.82) is 0 Å². The fraction of sp³-hybridized carbons (Fsp3) is 0.615. The molecule has 3 nitrogen and oxygen atoms in total. The van der Waals surface area contributed by atoms with Gasteiger partial charge < -0.3 is 10.2 Å². The number of nitrogens with zero attached hydrogens (tertiary/aromatic N) is 1. The van der Waals surface area contributed by atoms with Crippen molar-refractivity contribution in [3.05, 3.63) is 16.3 Å². The van der Waals surface area contributed by atoms with Crippen LogP contribution in [0.25, 0.3) is 0 Å². The Labute approximate surface area is 128 Å². The maximum atomic E-state index is 12.6. The fourth-order valence-electron chi connectivity index (χ4n) is 2.89. The number of hydrogen-bond donors (Lipinski definition) is 1. The lowest BCUT2D eigenvalue weighted by Gasteiger charge is -2.24. The summed E-state index contributed by atoms with van der Waals surface area (Å²) in [5, 5.41) is 5.63. The number of amides is 1. The average Bonchev–Trinajstić information content (AvgIpc) is 2.94. The van der Waals surface area contributed by atoms with E-state index in [1.165, 1.54) is 12.8 Å². The van der Waals surface area contributed by atoms with Crippen LogP contribution in [-0.4, -0.2) is 42.2 Å². The van der Waals surface area contributed by atoms with Crippen LogP contribution in [-0.2, 0) is 0 Å². The van der Waals surface area contributed by atoms with Gasteiger partial charge >= 0.3 is 0 Å². The molecular weight excluding hydrogens is 300 g/mol. The molecule has 6 heteroatoms. The van der Waals surface area contributed by atoms with Crippen LogP contribution in [0.15, 0.2) is 16.3 Å². The van der Waals surface area contributed by atoms with Crippen molar-refractivity contribution in [2.24, 2.45) is 0 Å². The summed E-state index contributed by atoms with van der Waals surface area (Å²) >= 11 is 3.23. The smallest absolute Gasteiger partial charge is 0.265 e. The standard InChI is InChI=1S/C13H18N2OS2.ClH/c1-17-11-5-7-18-12(11)13(16)15-6-4-9-2-3-10(8-15)14-9;/h5,7,9-10,14H,2-4,6,8H2,1H3;1H. The summed E-state index contributed by atoms with van der Waals surface area (Å²) in [6.45, 7) is 1.78. The molecule has 0 saturated carbocycles. The van der Waals surface area contributed by atoms with Crippen LogP contribution in [0.3, 0.4) is 0 Å². The van der Waals surface area contributed by atoms with Gasteiger partial charge in [0.05, 0.1) is 0 Å². The van der Waals surface area contributed by atoms with Crippen molar-refractivity contribution in [1.82, 2.24) is 10.2 Å². The topological polar surface area (TPSA) is 32.3 Å². The maximum Gasteiger partial charge on any atom is 0.265 e. The molecule has 2 atom stereocenters. The fourth-order valence-corrected chi connectivity index (χ4v) is 4.60. The van der Waals surface area contributed by atoms with E-state index in [9.17, 15) is 4.79 Å². The molecule has 1 N–H and O–H groups in total. The lowest BCUT2D eigenvalue weighted by molar-refractivity contribution is 0.0750. The van der Waals surface area contributed by atoms with E-state index in [1.807, 2.05) is 22.6 Å². The summed E-state index contributed by atoms with van der Waals surface area (Å²) < 4.78 is 0. The number of carbonyl (C=O) groups is 1. The number of likely N-dealkylation sites (tertiary alicyclic amines) is 1. The highest BCUT2D eigenvalue weighted by molar-refractivity contribution is 7.98. The second kappa shape index (κ2) is 6.48. The Morgan fingerprint density at radius 2 is 2.21 bits per heavy atom. The summed E-state index contributed by atoms with van der Waals surface area (Å²) in [4.78, 5) is 16.6. The first kappa shape index (κ1) is 15.2. The van der Waals surface area contributed by atoms with E-state index in [4.69, 9.17) is 0 Å². The molecule has 2 aliphatic rings. The molecule has 2 aliphatic heterocycles. The number of fused-ring (bicyclic) bond motifs is 2. The second-order valence-corrected chi connectivity index (χ2v) is 6.76. The van der Waals surface area contributed by atoms with Gasteiger partial charge in [-0.3, -0.25) is 4.79 Å². The Balaban J connectivity index is 0.00000133. The maximum absolute atomic E-state index is 12.6. The normalized spacial score (nSPS) is 25.8. The Bertz CT molecular complexity index is 452. The van der Waals surface area contributed by atoms with Gasteiger partial charge in [0.2, 0.25) is 0 Å². The van der Waals surface area contributed by atoms with Crippen LogP contribution in [0, 0.1) is 0 Å². The van der Waals surface area contributed by atoms with E-state index < -0.39 is 0 Å². The molecule has 0 aliphatic carbocycles. The van der Waals surface area contributed by atoms with Gasteiger partial charge in [0.1, 0.15) is 4.88 Å². The largest absolute Gasteiger partial charge is 0.336 e. The van der Waals surface area contributed by atoms with Crippen LogP contribution in [0.1, 0.15) is 28.9 Å². The van der Waals surface area contributed by atoms with Crippen LogP contribution in [0.4, 0.5) is 0 Å². The van der Waals surface area contributed by atoms with E-state index in [0.717, 1.165) is 29.3 Å². The van der Waals surface area contributed by atoms with Crippen molar-refractivity contribution in [2.75, 3.05) is 19.3 Å². The molecule has 0 aromatic carbocycles. The van der Waals surface area contributed by atoms with Gasteiger partial charge in [0.25, 0.3) is 5.91 Å². The number of carbonyl (C=O) groups excluding carboxylic acids is 1. The number of halogens is 1. The van der Waals surface area contributed by atoms with Crippen molar-refractivity contribution in [3.63, 3.8) is 0 Å². The summed E-state index contributed by atoms with van der Waals surface area (Å²) in [5.74, 6) is 0.226. The van der Waals surface area contributed by atoms with Gasteiger partial charge in [-0.2, -0.15) is 0 Å². The Morgan fingerprint density at radius 3 is 3.00 bits per heavy atom. The zero-order valence-corrected chi connectivity index (χ0v) is 13.4. The van der Waals surface area contributed by atoms with Gasteiger partial charge in [-0.25, -0.2) is 0 Å². The van der Waals surface area contributed by atoms with Gasteiger partial charge in [-0.05, 0) is 37.0 Å². The number of thioether (sulfide) groups is 1. The molecule has 0 spiro atoms. The summed E-state index contributed by atoms with van der Waals surface area (Å²) in [6, 6.07) is 3.19. The highest BCUT2D eigenvalue weighted by Crippen LogP contribution is 2.28. The highest BCUT2D eigenvalue weighted by atomic mass is 35.5. The van der Waals surface area contributed by atoms with Gasteiger partial charge in [-0.1, -0.05) is 0 Å². The number of rotatable bonds is 2. The molecule has 2 saturated heterocycles. The molecule has 2 fully saturated rings. The van der Waals surface area contributed by atoms with Gasteiger partial charge in [0, 0.05) is 30.1 Å². The lowest BCUT2D eigenvalue weighted by Crippen LogP contribution is -2.38.